The second-order valence-corrected chi connectivity index (χ2v) is 4.01. The Morgan fingerprint density at radius 2 is 2.43 bits per heavy atom. The number of hydrogen-bond acceptors (Lipinski definition) is 4. The lowest BCUT2D eigenvalue weighted by Crippen LogP contribution is -2.24. The van der Waals surface area contributed by atoms with Gasteiger partial charge in [0.2, 0.25) is 0 Å². The molecule has 1 aromatic rings. The van der Waals surface area contributed by atoms with E-state index in [2.05, 4.69) is 27.2 Å². The maximum Gasteiger partial charge on any atom is 0.149 e. The Hall–Kier alpha value is -0.870. The molecule has 2 heterocycles. The predicted octanol–water partition coefficient (Wildman–Crippen LogP) is 1.25. The molecule has 5 heteroatoms. The van der Waals surface area contributed by atoms with E-state index in [1.165, 1.54) is 6.20 Å². The average molecular weight is 213 g/mol. The fourth-order valence-corrected chi connectivity index (χ4v) is 1.82. The molecule has 1 fully saturated rings. The van der Waals surface area contributed by atoms with E-state index in [1.807, 2.05) is 0 Å². The Morgan fingerprint density at radius 3 is 3.07 bits per heavy atom. The molecule has 1 aromatic heterocycles. The molecule has 2 rings (SSSR count). The van der Waals surface area contributed by atoms with Gasteiger partial charge in [0.1, 0.15) is 11.0 Å². The quantitative estimate of drug-likeness (QED) is 0.801. The Bertz CT molecular complexity index is 317. The second kappa shape index (κ2) is 4.11. The summed E-state index contributed by atoms with van der Waals surface area (Å²) in [7, 11) is 2.12. The first kappa shape index (κ1) is 9.68. The van der Waals surface area contributed by atoms with Gasteiger partial charge in [0.15, 0.2) is 0 Å². The summed E-state index contributed by atoms with van der Waals surface area (Å²) in [5, 5.41) is 3.74. The van der Waals surface area contributed by atoms with Gasteiger partial charge in [-0.1, -0.05) is 11.6 Å². The molecule has 0 aliphatic carbocycles. The van der Waals surface area contributed by atoms with Gasteiger partial charge < -0.3 is 10.2 Å². The number of rotatable bonds is 2. The Labute approximate surface area is 88.3 Å². The van der Waals surface area contributed by atoms with Crippen LogP contribution in [0.15, 0.2) is 12.4 Å². The molecule has 0 bridgehead atoms. The molecule has 1 saturated heterocycles. The average Bonchev–Trinajstić information content (AvgIpc) is 2.51. The van der Waals surface area contributed by atoms with Crippen LogP contribution in [0.4, 0.5) is 5.82 Å². The highest BCUT2D eigenvalue weighted by molar-refractivity contribution is 6.29. The molecule has 0 saturated carbocycles. The molecule has 0 radical (unpaired) electrons. The van der Waals surface area contributed by atoms with Gasteiger partial charge in [0, 0.05) is 12.6 Å². The van der Waals surface area contributed by atoms with Gasteiger partial charge in [-0.25, -0.2) is 4.98 Å². The topological polar surface area (TPSA) is 41.0 Å². The summed E-state index contributed by atoms with van der Waals surface area (Å²) in [6.45, 7) is 2.18. The van der Waals surface area contributed by atoms with Crippen molar-refractivity contribution in [2.24, 2.45) is 0 Å². The van der Waals surface area contributed by atoms with E-state index < -0.39 is 0 Å². The minimum absolute atomic E-state index is 0.432. The molecule has 76 valence electrons. The van der Waals surface area contributed by atoms with Gasteiger partial charge in [-0.15, -0.1) is 0 Å². The van der Waals surface area contributed by atoms with Crippen LogP contribution in [0.5, 0.6) is 0 Å². The Balaban J connectivity index is 1.97. The number of nitrogens with one attached hydrogen (secondary N) is 1. The molecule has 0 spiro atoms. The number of halogens is 1. The first-order chi connectivity index (χ1) is 6.74. The van der Waals surface area contributed by atoms with Gasteiger partial charge in [-0.3, -0.25) is 4.98 Å². The second-order valence-electron chi connectivity index (χ2n) is 3.62. The van der Waals surface area contributed by atoms with Gasteiger partial charge in [0.25, 0.3) is 0 Å². The molecule has 14 heavy (non-hydrogen) atoms. The molecular weight excluding hydrogens is 200 g/mol. The third-order valence-electron chi connectivity index (χ3n) is 2.35. The zero-order valence-corrected chi connectivity index (χ0v) is 8.83. The summed E-state index contributed by atoms with van der Waals surface area (Å²) in [6.07, 6.45) is 4.38. The van der Waals surface area contributed by atoms with Gasteiger partial charge in [0.05, 0.1) is 12.4 Å². The molecule has 4 nitrogen and oxygen atoms in total. The molecule has 0 amide bonds. The van der Waals surface area contributed by atoms with Crippen molar-refractivity contribution in [1.29, 1.82) is 0 Å². The van der Waals surface area contributed by atoms with Crippen LogP contribution in [0.2, 0.25) is 5.15 Å². The van der Waals surface area contributed by atoms with Crippen LogP contribution in [0.3, 0.4) is 0 Å². The summed E-state index contributed by atoms with van der Waals surface area (Å²) < 4.78 is 0. The van der Waals surface area contributed by atoms with Crippen molar-refractivity contribution in [3.8, 4) is 0 Å². The van der Waals surface area contributed by atoms with Crippen molar-refractivity contribution in [2.45, 2.75) is 12.5 Å². The molecular formula is C9H13ClN4. The maximum absolute atomic E-state index is 5.73. The zero-order chi connectivity index (χ0) is 9.97. The predicted molar refractivity (Wildman–Crippen MR) is 56.6 cm³/mol. The summed E-state index contributed by atoms with van der Waals surface area (Å²) in [6, 6.07) is 0.466. The molecule has 1 aliphatic heterocycles. The lowest BCUT2D eigenvalue weighted by atomic mass is 10.3. The van der Waals surface area contributed by atoms with E-state index in [1.54, 1.807) is 6.20 Å². The van der Waals surface area contributed by atoms with Crippen molar-refractivity contribution >= 4 is 17.4 Å². The standard InChI is InChI=1S/C9H13ClN4/c1-14-3-2-7(6-14)12-9-5-11-4-8(10)13-9/h4-5,7H,2-3,6H2,1H3,(H,12,13). The normalized spacial score (nSPS) is 22.6. The van der Waals surface area contributed by atoms with Gasteiger partial charge in [-0.2, -0.15) is 0 Å². The van der Waals surface area contributed by atoms with Gasteiger partial charge in [-0.05, 0) is 20.0 Å². The molecule has 1 N–H and O–H groups in total. The highest BCUT2D eigenvalue weighted by Crippen LogP contribution is 2.13. The first-order valence-electron chi connectivity index (χ1n) is 4.66. The highest BCUT2D eigenvalue weighted by atomic mass is 35.5. The third kappa shape index (κ3) is 2.33. The van der Waals surface area contributed by atoms with E-state index in [0.717, 1.165) is 25.3 Å². The lowest BCUT2D eigenvalue weighted by molar-refractivity contribution is 0.414. The van der Waals surface area contributed by atoms with E-state index in [-0.39, 0.29) is 0 Å². The lowest BCUT2D eigenvalue weighted by Gasteiger charge is -2.12. The summed E-state index contributed by atoms with van der Waals surface area (Å²) >= 11 is 5.73. The zero-order valence-electron chi connectivity index (χ0n) is 8.07. The number of likely N-dealkylation sites (N-methyl/N-ethyl adjacent to an activating group) is 1. The van der Waals surface area contributed by atoms with Gasteiger partial charge >= 0.3 is 0 Å². The number of likely N-dealkylation sites (tertiary alicyclic amines) is 1. The Morgan fingerprint density at radius 1 is 1.57 bits per heavy atom. The molecule has 0 aromatic carbocycles. The van der Waals surface area contributed by atoms with Crippen molar-refractivity contribution in [2.75, 3.05) is 25.5 Å². The largest absolute Gasteiger partial charge is 0.365 e. The van der Waals surface area contributed by atoms with Crippen molar-refractivity contribution < 1.29 is 0 Å². The van der Waals surface area contributed by atoms with Crippen molar-refractivity contribution in [3.05, 3.63) is 17.5 Å². The number of aromatic nitrogens is 2. The van der Waals surface area contributed by atoms with Crippen LogP contribution < -0.4 is 5.32 Å². The van der Waals surface area contributed by atoms with Crippen LogP contribution in [0, 0.1) is 0 Å². The number of hydrogen-bond donors (Lipinski definition) is 1. The van der Waals surface area contributed by atoms with E-state index in [0.29, 0.717) is 11.2 Å². The minimum atomic E-state index is 0.432. The van der Waals surface area contributed by atoms with Crippen molar-refractivity contribution in [1.82, 2.24) is 14.9 Å². The highest BCUT2D eigenvalue weighted by Gasteiger charge is 2.19. The molecule has 1 unspecified atom stereocenters. The molecule has 1 aliphatic rings. The van der Waals surface area contributed by atoms with E-state index in [9.17, 15) is 0 Å². The van der Waals surface area contributed by atoms with E-state index >= 15 is 0 Å². The van der Waals surface area contributed by atoms with Crippen molar-refractivity contribution in [3.63, 3.8) is 0 Å². The monoisotopic (exact) mass is 212 g/mol. The number of nitrogens with zero attached hydrogens (tertiary/aromatic N) is 3. The van der Waals surface area contributed by atoms with Crippen LogP contribution in [-0.4, -0.2) is 41.0 Å². The summed E-state index contributed by atoms with van der Waals surface area (Å²) in [5.74, 6) is 0.762. The van der Waals surface area contributed by atoms with E-state index in [4.69, 9.17) is 11.6 Å². The third-order valence-corrected chi connectivity index (χ3v) is 2.53. The first-order valence-corrected chi connectivity index (χ1v) is 5.04. The maximum atomic E-state index is 5.73. The number of anilines is 1. The SMILES string of the molecule is CN1CCC(Nc2cncc(Cl)n2)C1. The Kier molecular flexibility index (Phi) is 2.84. The fourth-order valence-electron chi connectivity index (χ4n) is 1.67. The summed E-state index contributed by atoms with van der Waals surface area (Å²) in [4.78, 5) is 10.4. The summed E-state index contributed by atoms with van der Waals surface area (Å²) in [5.41, 5.74) is 0. The van der Waals surface area contributed by atoms with Crippen LogP contribution in [0.25, 0.3) is 0 Å². The fraction of sp³-hybridized carbons (Fsp3) is 0.556. The van der Waals surface area contributed by atoms with Crippen LogP contribution >= 0.6 is 11.6 Å². The van der Waals surface area contributed by atoms with Crippen LogP contribution in [-0.2, 0) is 0 Å². The molecule has 1 atom stereocenters. The van der Waals surface area contributed by atoms with Crippen LogP contribution in [0.1, 0.15) is 6.42 Å². The smallest absolute Gasteiger partial charge is 0.149 e. The minimum Gasteiger partial charge on any atom is -0.365 e.